The minimum Gasteiger partial charge on any atom is -0.493 e. The van der Waals surface area contributed by atoms with Crippen LogP contribution in [0.25, 0.3) is 0 Å². The molecule has 3 rings (SSSR count). The third kappa shape index (κ3) is 4.71. The van der Waals surface area contributed by atoms with Crippen LogP contribution < -0.4 is 19.7 Å². The number of hydrogen-bond donors (Lipinski definition) is 1. The van der Waals surface area contributed by atoms with Crippen LogP contribution in [0.4, 0.5) is 11.4 Å². The predicted octanol–water partition coefficient (Wildman–Crippen LogP) is 3.01. The molecule has 1 heterocycles. The third-order valence-corrected chi connectivity index (χ3v) is 4.77. The smallest absolute Gasteiger partial charge is 0.338 e. The first-order valence-electron chi connectivity index (χ1n) is 9.57. The Morgan fingerprint density at radius 2 is 1.83 bits per heavy atom. The number of carbonyl (C=O) groups is 3. The maximum atomic E-state index is 12.5. The molecule has 158 valence electrons. The lowest BCUT2D eigenvalue weighted by Crippen LogP contribution is -2.30. The minimum absolute atomic E-state index is 0.0307. The highest BCUT2D eigenvalue weighted by Crippen LogP contribution is 2.30. The van der Waals surface area contributed by atoms with Gasteiger partial charge >= 0.3 is 5.97 Å². The summed E-state index contributed by atoms with van der Waals surface area (Å²) in [6.45, 7) is 2.11. The Bertz CT molecular complexity index is 958. The number of benzene rings is 2. The largest absolute Gasteiger partial charge is 0.493 e. The van der Waals surface area contributed by atoms with Crippen molar-refractivity contribution in [1.29, 1.82) is 0 Å². The highest BCUT2D eigenvalue weighted by Gasteiger charge is 2.24. The van der Waals surface area contributed by atoms with Gasteiger partial charge in [-0.15, -0.1) is 0 Å². The lowest BCUT2D eigenvalue weighted by Gasteiger charge is -2.17. The van der Waals surface area contributed by atoms with Crippen LogP contribution in [-0.4, -0.2) is 44.7 Å². The van der Waals surface area contributed by atoms with E-state index in [2.05, 4.69) is 5.32 Å². The van der Waals surface area contributed by atoms with Gasteiger partial charge in [0.05, 0.1) is 19.8 Å². The lowest BCUT2D eigenvalue weighted by molar-refractivity contribution is -0.123. The number of methoxy groups -OCH3 is 2. The Hall–Kier alpha value is -3.55. The van der Waals surface area contributed by atoms with Gasteiger partial charge in [-0.2, -0.15) is 0 Å². The Morgan fingerprint density at radius 3 is 2.50 bits per heavy atom. The molecule has 0 saturated carbocycles. The maximum absolute atomic E-state index is 12.5. The topological polar surface area (TPSA) is 94.2 Å². The van der Waals surface area contributed by atoms with E-state index in [1.807, 2.05) is 0 Å². The van der Waals surface area contributed by atoms with Crippen molar-refractivity contribution in [2.45, 2.75) is 25.9 Å². The molecule has 1 N–H and O–H groups in total. The number of carbonyl (C=O) groups excluding carboxylic acids is 3. The van der Waals surface area contributed by atoms with E-state index in [-0.39, 0.29) is 11.5 Å². The SMILES string of the molecule is COc1ccc(NC(=O)[C@H](C)OC(=O)c2cccc(N3CCCC3=O)c2)cc1OC. The van der Waals surface area contributed by atoms with Gasteiger partial charge in [0.25, 0.3) is 5.91 Å². The second-order valence-electron chi connectivity index (χ2n) is 6.81. The average Bonchev–Trinajstić information content (AvgIpc) is 3.19. The molecule has 2 aromatic rings. The summed E-state index contributed by atoms with van der Waals surface area (Å²) in [6, 6.07) is 11.6. The molecule has 1 aliphatic heterocycles. The molecule has 1 atom stereocenters. The average molecular weight is 412 g/mol. The molecule has 0 radical (unpaired) electrons. The van der Waals surface area contributed by atoms with E-state index >= 15 is 0 Å². The van der Waals surface area contributed by atoms with Crippen LogP contribution in [0, 0.1) is 0 Å². The monoisotopic (exact) mass is 412 g/mol. The van der Waals surface area contributed by atoms with Gasteiger partial charge in [0.1, 0.15) is 0 Å². The summed E-state index contributed by atoms with van der Waals surface area (Å²) in [5.41, 5.74) is 1.41. The van der Waals surface area contributed by atoms with Gasteiger partial charge in [-0.3, -0.25) is 9.59 Å². The number of ether oxygens (including phenoxy) is 3. The van der Waals surface area contributed by atoms with Gasteiger partial charge in [-0.05, 0) is 43.7 Å². The molecule has 2 amide bonds. The van der Waals surface area contributed by atoms with Crippen molar-refractivity contribution >= 4 is 29.2 Å². The summed E-state index contributed by atoms with van der Waals surface area (Å²) in [5.74, 6) is -0.0948. The van der Waals surface area contributed by atoms with Gasteiger partial charge in [-0.25, -0.2) is 4.79 Å². The first-order chi connectivity index (χ1) is 14.4. The molecular formula is C22H24N2O6. The zero-order chi connectivity index (χ0) is 21.7. The fourth-order valence-corrected chi connectivity index (χ4v) is 3.16. The van der Waals surface area contributed by atoms with Gasteiger partial charge in [-0.1, -0.05) is 6.07 Å². The normalized spacial score (nSPS) is 14.2. The summed E-state index contributed by atoms with van der Waals surface area (Å²) >= 11 is 0. The first kappa shape index (κ1) is 21.2. The van der Waals surface area contributed by atoms with Crippen LogP contribution in [0.1, 0.15) is 30.1 Å². The van der Waals surface area contributed by atoms with Crippen LogP contribution in [0.3, 0.4) is 0 Å². The van der Waals surface area contributed by atoms with Gasteiger partial charge in [0.15, 0.2) is 17.6 Å². The minimum atomic E-state index is -1.03. The molecule has 1 saturated heterocycles. The van der Waals surface area contributed by atoms with E-state index < -0.39 is 18.0 Å². The molecule has 0 aromatic heterocycles. The summed E-state index contributed by atoms with van der Waals surface area (Å²) < 4.78 is 15.7. The summed E-state index contributed by atoms with van der Waals surface area (Å²) in [5, 5.41) is 2.68. The molecule has 0 spiro atoms. The molecule has 8 heteroatoms. The van der Waals surface area contributed by atoms with Gasteiger partial charge < -0.3 is 24.4 Å². The first-order valence-corrected chi connectivity index (χ1v) is 9.57. The Kier molecular flexibility index (Phi) is 6.56. The standard InChI is InChI=1S/C22H24N2O6/c1-14(21(26)23-16-9-10-18(28-2)19(13-16)29-3)30-22(27)15-6-4-7-17(12-15)24-11-5-8-20(24)25/h4,6-7,9-10,12-14H,5,8,11H2,1-3H3,(H,23,26)/t14-/m0/s1. The molecule has 0 aliphatic carbocycles. The number of amides is 2. The van der Waals surface area contributed by atoms with Crippen molar-refractivity contribution in [3.8, 4) is 11.5 Å². The van der Waals surface area contributed by atoms with Crippen LogP contribution in [0.2, 0.25) is 0 Å². The van der Waals surface area contributed by atoms with E-state index in [0.29, 0.717) is 35.8 Å². The van der Waals surface area contributed by atoms with E-state index in [1.54, 1.807) is 47.4 Å². The van der Waals surface area contributed by atoms with Crippen molar-refractivity contribution in [2.75, 3.05) is 31.0 Å². The fourth-order valence-electron chi connectivity index (χ4n) is 3.16. The predicted molar refractivity (Wildman–Crippen MR) is 111 cm³/mol. The van der Waals surface area contributed by atoms with Crippen molar-refractivity contribution in [3.63, 3.8) is 0 Å². The van der Waals surface area contributed by atoms with Gasteiger partial charge in [0, 0.05) is 30.4 Å². The second kappa shape index (κ2) is 9.30. The number of hydrogen-bond acceptors (Lipinski definition) is 6. The maximum Gasteiger partial charge on any atom is 0.338 e. The summed E-state index contributed by atoms with van der Waals surface area (Å²) in [6.07, 6.45) is 0.269. The molecule has 1 aliphatic rings. The highest BCUT2D eigenvalue weighted by molar-refractivity contribution is 5.99. The zero-order valence-electron chi connectivity index (χ0n) is 17.1. The molecule has 30 heavy (non-hydrogen) atoms. The van der Waals surface area contributed by atoms with Crippen LogP contribution >= 0.6 is 0 Å². The number of nitrogens with zero attached hydrogens (tertiary/aromatic N) is 1. The third-order valence-electron chi connectivity index (χ3n) is 4.77. The summed E-state index contributed by atoms with van der Waals surface area (Å²) in [4.78, 5) is 38.5. The van der Waals surface area contributed by atoms with Crippen molar-refractivity contribution in [3.05, 3.63) is 48.0 Å². The van der Waals surface area contributed by atoms with E-state index in [0.717, 1.165) is 6.42 Å². The van der Waals surface area contributed by atoms with E-state index in [1.165, 1.54) is 21.1 Å². The molecule has 2 aromatic carbocycles. The number of nitrogens with one attached hydrogen (secondary N) is 1. The van der Waals surface area contributed by atoms with Crippen LogP contribution in [0.5, 0.6) is 11.5 Å². The zero-order valence-corrected chi connectivity index (χ0v) is 17.1. The van der Waals surface area contributed by atoms with Gasteiger partial charge in [0.2, 0.25) is 5.91 Å². The number of esters is 1. The van der Waals surface area contributed by atoms with E-state index in [9.17, 15) is 14.4 Å². The molecule has 0 unspecified atom stereocenters. The summed E-state index contributed by atoms with van der Waals surface area (Å²) in [7, 11) is 3.02. The fraction of sp³-hybridized carbons (Fsp3) is 0.318. The Morgan fingerprint density at radius 1 is 1.07 bits per heavy atom. The number of rotatable bonds is 7. The van der Waals surface area contributed by atoms with E-state index in [4.69, 9.17) is 14.2 Å². The number of anilines is 2. The Labute approximate surface area is 174 Å². The molecule has 0 bridgehead atoms. The van der Waals surface area contributed by atoms with Crippen molar-refractivity contribution in [2.24, 2.45) is 0 Å². The quantitative estimate of drug-likeness (QED) is 0.703. The highest BCUT2D eigenvalue weighted by atomic mass is 16.5. The van der Waals surface area contributed by atoms with Crippen LogP contribution in [0.15, 0.2) is 42.5 Å². The molecule has 8 nitrogen and oxygen atoms in total. The van der Waals surface area contributed by atoms with Crippen molar-refractivity contribution in [1.82, 2.24) is 0 Å². The Balaban J connectivity index is 1.64. The van der Waals surface area contributed by atoms with Crippen molar-refractivity contribution < 1.29 is 28.6 Å². The second-order valence-corrected chi connectivity index (χ2v) is 6.81. The van der Waals surface area contributed by atoms with Crippen LogP contribution in [-0.2, 0) is 14.3 Å². The molecular weight excluding hydrogens is 388 g/mol. The molecule has 1 fully saturated rings. The lowest BCUT2D eigenvalue weighted by atomic mass is 10.2.